The second-order valence-electron chi connectivity index (χ2n) is 0.513. The molecule has 0 bridgehead atoms. The molecule has 3 N–H and O–H groups in total. The van der Waals surface area contributed by atoms with Crippen molar-refractivity contribution in [3.8, 4) is 0 Å². The molecule has 0 saturated carbocycles. The summed E-state index contributed by atoms with van der Waals surface area (Å²) in [5.74, 6) is 0. The van der Waals surface area contributed by atoms with Gasteiger partial charge in [-0.15, -0.1) is 0 Å². The van der Waals surface area contributed by atoms with Gasteiger partial charge in [0.1, 0.15) is 0 Å². The fraction of sp³-hybridized carbons (Fsp3) is 0. The minimum atomic E-state index is -4.64. The summed E-state index contributed by atoms with van der Waals surface area (Å²) in [6.07, 6.45) is 0. The third-order valence-corrected chi connectivity index (χ3v) is 0. The molecule has 0 aromatic carbocycles. The van der Waals surface area contributed by atoms with Gasteiger partial charge >= 0.3 is 26.7 Å². The van der Waals surface area contributed by atoms with E-state index in [0.29, 0.717) is 0 Å². The van der Waals surface area contributed by atoms with Crippen LogP contribution >= 0.6 is 7.82 Å². The zero-order chi connectivity index (χ0) is 4.50. The van der Waals surface area contributed by atoms with Gasteiger partial charge in [0.05, 0.1) is 0 Å². The average Bonchev–Trinajstić information content (AvgIpc) is 0.722. The van der Waals surface area contributed by atoms with E-state index in [1.165, 1.54) is 0 Å². The van der Waals surface area contributed by atoms with Crippen LogP contribution in [0, 0.1) is 0 Å². The van der Waals surface area contributed by atoms with E-state index in [2.05, 4.69) is 0 Å². The minimum Gasteiger partial charge on any atom is -1.00 e. The summed E-state index contributed by atoms with van der Waals surface area (Å²) in [7, 11) is -4.64. The van der Waals surface area contributed by atoms with Gasteiger partial charge in [0, 0.05) is 21.7 Å². The first-order chi connectivity index (χ1) is 2.00. The van der Waals surface area contributed by atoms with Crippen molar-refractivity contribution in [3.63, 3.8) is 0 Å². The molecule has 9 heteroatoms. The summed E-state index contributed by atoms with van der Waals surface area (Å²) >= 11 is 0. The molecular formula is H10Al2LiO4PTi. The number of hydrogen-bond donors (Lipinski definition) is 3. The maximum absolute atomic E-state index is 8.88. The second kappa shape index (κ2) is 13.1. The Labute approximate surface area is 103 Å². The summed E-state index contributed by atoms with van der Waals surface area (Å²) in [5, 5.41) is 0. The van der Waals surface area contributed by atoms with Crippen molar-refractivity contribution < 1.29 is 61.3 Å². The standard InChI is InChI=1S/2Al.Li.H3O4P.Ti.7H/c;;;1-5(2,3)4;;;;;;;;/h;;;(H3,1,2,3,4);;;;;;;;/q;;+1;;;;;;;;;-1. The molecule has 0 spiro atoms. The number of rotatable bonds is 0. The molecule has 0 fully saturated rings. The molecule has 0 amide bonds. The van der Waals surface area contributed by atoms with Crippen molar-refractivity contribution in [2.75, 3.05) is 0 Å². The Morgan fingerprint density at radius 2 is 1.11 bits per heavy atom. The van der Waals surface area contributed by atoms with E-state index in [0.717, 1.165) is 0 Å². The second-order valence-corrected chi connectivity index (χ2v) is 1.54. The van der Waals surface area contributed by atoms with E-state index in [9.17, 15) is 0 Å². The van der Waals surface area contributed by atoms with Crippen LogP contribution in [0.2, 0.25) is 0 Å². The smallest absolute Gasteiger partial charge is 1.00 e. The van der Waals surface area contributed by atoms with Crippen LogP contribution in [-0.2, 0) is 26.3 Å². The summed E-state index contributed by atoms with van der Waals surface area (Å²) in [6, 6.07) is 0. The summed E-state index contributed by atoms with van der Waals surface area (Å²) in [4.78, 5) is 21.6. The molecule has 50 valence electrons. The van der Waals surface area contributed by atoms with Crippen molar-refractivity contribution in [1.29, 1.82) is 0 Å². The monoisotopic (exact) mass is 214 g/mol. The van der Waals surface area contributed by atoms with Crippen LogP contribution in [-0.4, -0.2) is 49.4 Å². The van der Waals surface area contributed by atoms with Gasteiger partial charge in [0.2, 0.25) is 0 Å². The molecule has 0 rings (SSSR count). The molecule has 4 nitrogen and oxygen atoms in total. The van der Waals surface area contributed by atoms with Crippen LogP contribution in [0.1, 0.15) is 1.43 Å². The Balaban J connectivity index is -0.00000000800. The normalized spacial score (nSPS) is 6.56. The molecule has 0 heterocycles. The van der Waals surface area contributed by atoms with E-state index in [-0.39, 0.29) is 76.7 Å². The van der Waals surface area contributed by atoms with Crippen LogP contribution in [0.3, 0.4) is 0 Å². The Kier molecular flexibility index (Phi) is 43.7. The van der Waals surface area contributed by atoms with Crippen molar-refractivity contribution >= 4 is 42.5 Å². The molecule has 0 radical (unpaired) electrons. The summed E-state index contributed by atoms with van der Waals surface area (Å²) in [6.45, 7) is 0. The SMILES string of the molecule is O=P(O)(O)O.[AlH3].[AlH3].[H-].[Li+].[Ti]. The molecule has 0 aliphatic carbocycles. The Morgan fingerprint density at radius 3 is 1.11 bits per heavy atom. The van der Waals surface area contributed by atoms with Gasteiger partial charge < -0.3 is 16.1 Å². The molecule has 0 aliphatic rings. The van der Waals surface area contributed by atoms with Crippen LogP contribution < -0.4 is 18.9 Å². The van der Waals surface area contributed by atoms with Gasteiger partial charge in [0.15, 0.2) is 34.7 Å². The van der Waals surface area contributed by atoms with E-state index in [1.54, 1.807) is 0 Å². The molecule has 0 aromatic rings. The first-order valence-electron chi connectivity index (χ1n) is 0.783. The molecule has 9 heavy (non-hydrogen) atoms. The van der Waals surface area contributed by atoms with Crippen molar-refractivity contribution in [2.24, 2.45) is 0 Å². The third kappa shape index (κ3) is 122. The summed E-state index contributed by atoms with van der Waals surface area (Å²) < 4.78 is 8.88. The van der Waals surface area contributed by atoms with Gasteiger partial charge in [-0.1, -0.05) is 0 Å². The zero-order valence-corrected chi connectivity index (χ0v) is 6.15. The first kappa shape index (κ1) is 30.0. The van der Waals surface area contributed by atoms with Gasteiger partial charge in [-0.25, -0.2) is 4.57 Å². The predicted molar refractivity (Wildman–Crippen MR) is 35.3 cm³/mol. The largest absolute Gasteiger partial charge is 1.00 e. The summed E-state index contributed by atoms with van der Waals surface area (Å²) in [5.41, 5.74) is 0. The number of hydrogen-bond acceptors (Lipinski definition) is 1. The topological polar surface area (TPSA) is 77.8 Å². The van der Waals surface area contributed by atoms with E-state index in [4.69, 9.17) is 19.2 Å². The molecular weight excluding hydrogens is 204 g/mol. The average molecular weight is 214 g/mol. The van der Waals surface area contributed by atoms with Crippen LogP contribution in [0.15, 0.2) is 0 Å². The predicted octanol–water partition coefficient (Wildman–Crippen LogP) is -6.18. The van der Waals surface area contributed by atoms with E-state index >= 15 is 0 Å². The van der Waals surface area contributed by atoms with Gasteiger partial charge in [-0.3, -0.25) is 0 Å². The quantitative estimate of drug-likeness (QED) is 0.277. The Hall–Kier alpha value is 2.49. The molecule has 0 aromatic heterocycles. The van der Waals surface area contributed by atoms with Crippen molar-refractivity contribution in [3.05, 3.63) is 0 Å². The van der Waals surface area contributed by atoms with E-state index < -0.39 is 7.82 Å². The van der Waals surface area contributed by atoms with Gasteiger partial charge in [0.25, 0.3) is 0 Å². The Morgan fingerprint density at radius 1 is 1.11 bits per heavy atom. The fourth-order valence-corrected chi connectivity index (χ4v) is 0. The van der Waals surface area contributed by atoms with Crippen LogP contribution in [0.4, 0.5) is 0 Å². The maximum atomic E-state index is 8.88. The fourth-order valence-electron chi connectivity index (χ4n) is 0. The van der Waals surface area contributed by atoms with Crippen molar-refractivity contribution in [2.45, 2.75) is 0 Å². The zero-order valence-electron chi connectivity index (χ0n) is 4.70. The Bertz CT molecular complexity index is 69.4. The third-order valence-electron chi connectivity index (χ3n) is 0. The van der Waals surface area contributed by atoms with Crippen LogP contribution in [0.25, 0.3) is 0 Å². The molecule has 0 aliphatic heterocycles. The minimum absolute atomic E-state index is 0. The van der Waals surface area contributed by atoms with Gasteiger partial charge in [-0.2, -0.15) is 0 Å². The van der Waals surface area contributed by atoms with Crippen LogP contribution in [0.5, 0.6) is 0 Å². The van der Waals surface area contributed by atoms with E-state index in [1.807, 2.05) is 0 Å². The molecule has 0 atom stereocenters. The van der Waals surface area contributed by atoms with Gasteiger partial charge in [-0.05, 0) is 0 Å². The molecule has 0 unspecified atom stereocenters. The first-order valence-corrected chi connectivity index (χ1v) is 2.35. The molecule has 0 saturated heterocycles. The maximum Gasteiger partial charge on any atom is 1.00 e. The number of phosphoric acid groups is 1. The van der Waals surface area contributed by atoms with Crippen molar-refractivity contribution in [1.82, 2.24) is 0 Å².